The zero-order valence-corrected chi connectivity index (χ0v) is 17.2. The van der Waals surface area contributed by atoms with Crippen LogP contribution in [-0.4, -0.2) is 19.0 Å². The molecule has 0 aliphatic rings. The molecule has 1 amide bonds. The molecular formula is C25H21NO5. The molecule has 0 fully saturated rings. The zero-order valence-electron chi connectivity index (χ0n) is 17.2. The molecular weight excluding hydrogens is 394 g/mol. The molecule has 6 heteroatoms. The van der Waals surface area contributed by atoms with Crippen LogP contribution in [0.5, 0.6) is 5.75 Å². The highest BCUT2D eigenvalue weighted by Gasteiger charge is 2.17. The van der Waals surface area contributed by atoms with Gasteiger partial charge in [0.25, 0.3) is 5.91 Å². The predicted octanol–water partition coefficient (Wildman–Crippen LogP) is 5.36. The lowest BCUT2D eigenvalue weighted by Crippen LogP contribution is -2.14. The fraction of sp³-hybridized carbons (Fsp3) is 0.120. The summed E-state index contributed by atoms with van der Waals surface area (Å²) in [6.45, 7) is 1.99. The highest BCUT2D eigenvalue weighted by Crippen LogP contribution is 2.28. The first-order valence-electron chi connectivity index (χ1n) is 9.75. The van der Waals surface area contributed by atoms with Gasteiger partial charge in [0.1, 0.15) is 18.1 Å². The number of hydrogen-bond acceptors (Lipinski definition) is 5. The van der Waals surface area contributed by atoms with Crippen LogP contribution in [0.4, 0.5) is 5.69 Å². The van der Waals surface area contributed by atoms with Gasteiger partial charge in [-0.2, -0.15) is 0 Å². The first-order chi connectivity index (χ1) is 15.0. The van der Waals surface area contributed by atoms with Gasteiger partial charge in [-0.3, -0.25) is 4.79 Å². The Morgan fingerprint density at radius 3 is 2.39 bits per heavy atom. The highest BCUT2D eigenvalue weighted by molar-refractivity contribution is 6.09. The molecule has 0 unspecified atom stereocenters. The van der Waals surface area contributed by atoms with Gasteiger partial charge in [-0.25, -0.2) is 4.79 Å². The van der Waals surface area contributed by atoms with Gasteiger partial charge in [0.15, 0.2) is 0 Å². The summed E-state index contributed by atoms with van der Waals surface area (Å²) in [6, 6.07) is 22.1. The SMILES string of the molecule is COC(=O)c1ccc(COc2cc3ccccc3cc2C(=O)Nc2ccccc2C)o1. The number of fused-ring (bicyclic) bond motifs is 1. The van der Waals surface area contributed by atoms with Gasteiger partial charge in [-0.05, 0) is 53.6 Å². The topological polar surface area (TPSA) is 77.8 Å². The lowest BCUT2D eigenvalue weighted by Gasteiger charge is -2.14. The average Bonchev–Trinajstić information content (AvgIpc) is 3.27. The molecule has 3 aromatic carbocycles. The summed E-state index contributed by atoms with van der Waals surface area (Å²) in [5, 5.41) is 4.82. The monoisotopic (exact) mass is 415 g/mol. The largest absolute Gasteiger partial charge is 0.485 e. The molecule has 0 atom stereocenters. The zero-order chi connectivity index (χ0) is 21.8. The van der Waals surface area contributed by atoms with Crippen LogP contribution in [0.3, 0.4) is 0 Å². The Morgan fingerprint density at radius 1 is 0.935 bits per heavy atom. The number of carbonyl (C=O) groups excluding carboxylic acids is 2. The Hall–Kier alpha value is -4.06. The van der Waals surface area contributed by atoms with E-state index in [1.165, 1.54) is 13.2 Å². The van der Waals surface area contributed by atoms with Crippen molar-refractivity contribution in [2.45, 2.75) is 13.5 Å². The van der Waals surface area contributed by atoms with Gasteiger partial charge >= 0.3 is 5.97 Å². The van der Waals surface area contributed by atoms with Gasteiger partial charge in [0.2, 0.25) is 5.76 Å². The number of methoxy groups -OCH3 is 1. The van der Waals surface area contributed by atoms with Crippen molar-refractivity contribution >= 4 is 28.3 Å². The Bertz CT molecular complexity index is 1260. The molecule has 6 nitrogen and oxygen atoms in total. The van der Waals surface area contributed by atoms with Gasteiger partial charge < -0.3 is 19.2 Å². The second kappa shape index (κ2) is 8.75. The van der Waals surface area contributed by atoms with Crippen molar-refractivity contribution in [3.05, 3.63) is 95.4 Å². The molecule has 0 radical (unpaired) electrons. The molecule has 0 bridgehead atoms. The van der Waals surface area contributed by atoms with E-state index in [0.29, 0.717) is 17.1 Å². The predicted molar refractivity (Wildman–Crippen MR) is 117 cm³/mol. The summed E-state index contributed by atoms with van der Waals surface area (Å²) in [5.41, 5.74) is 2.10. The molecule has 0 spiro atoms. The summed E-state index contributed by atoms with van der Waals surface area (Å²) in [7, 11) is 1.29. The van der Waals surface area contributed by atoms with E-state index in [1.54, 1.807) is 12.1 Å². The fourth-order valence-corrected chi connectivity index (χ4v) is 3.23. The van der Waals surface area contributed by atoms with Crippen molar-refractivity contribution in [1.29, 1.82) is 0 Å². The van der Waals surface area contributed by atoms with Gasteiger partial charge in [-0.1, -0.05) is 42.5 Å². The fourth-order valence-electron chi connectivity index (χ4n) is 3.23. The molecule has 4 rings (SSSR count). The van der Waals surface area contributed by atoms with E-state index in [-0.39, 0.29) is 18.3 Å². The van der Waals surface area contributed by atoms with Crippen LogP contribution in [0.1, 0.15) is 32.2 Å². The number of carbonyl (C=O) groups is 2. The van der Waals surface area contributed by atoms with Crippen molar-refractivity contribution in [3.63, 3.8) is 0 Å². The second-order valence-corrected chi connectivity index (χ2v) is 7.01. The van der Waals surface area contributed by atoms with Crippen molar-refractivity contribution in [1.82, 2.24) is 0 Å². The van der Waals surface area contributed by atoms with Crippen molar-refractivity contribution in [2.24, 2.45) is 0 Å². The van der Waals surface area contributed by atoms with Crippen molar-refractivity contribution < 1.29 is 23.5 Å². The maximum Gasteiger partial charge on any atom is 0.373 e. The molecule has 31 heavy (non-hydrogen) atoms. The summed E-state index contributed by atoms with van der Waals surface area (Å²) in [4.78, 5) is 24.7. The number of nitrogens with one attached hydrogen (secondary N) is 1. The quantitative estimate of drug-likeness (QED) is 0.429. The van der Waals surface area contributed by atoms with Gasteiger partial charge in [0.05, 0.1) is 12.7 Å². The van der Waals surface area contributed by atoms with E-state index in [4.69, 9.17) is 9.15 Å². The Labute approximate surface area is 179 Å². The summed E-state index contributed by atoms with van der Waals surface area (Å²) in [6.07, 6.45) is 0. The number of hydrogen-bond donors (Lipinski definition) is 1. The molecule has 156 valence electrons. The standard InChI is InChI=1S/C25H21NO5/c1-16-7-3-6-10-21(16)26-24(27)20-13-17-8-4-5-9-18(17)14-23(20)30-15-19-11-12-22(31-19)25(28)29-2/h3-14H,15H2,1-2H3,(H,26,27). The molecule has 0 saturated heterocycles. The van der Waals surface area contributed by atoms with E-state index >= 15 is 0 Å². The van der Waals surface area contributed by atoms with Crippen LogP contribution < -0.4 is 10.1 Å². The number of amides is 1. The Kier molecular flexibility index (Phi) is 5.71. The maximum atomic E-state index is 13.1. The number of anilines is 1. The average molecular weight is 415 g/mol. The normalized spacial score (nSPS) is 10.6. The minimum Gasteiger partial charge on any atom is -0.485 e. The van der Waals surface area contributed by atoms with E-state index in [2.05, 4.69) is 10.1 Å². The maximum absolute atomic E-state index is 13.1. The second-order valence-electron chi connectivity index (χ2n) is 7.01. The highest BCUT2D eigenvalue weighted by atomic mass is 16.5. The summed E-state index contributed by atoms with van der Waals surface area (Å²) < 4.78 is 16.0. The number of rotatable bonds is 6. The van der Waals surface area contributed by atoms with Crippen molar-refractivity contribution in [2.75, 3.05) is 12.4 Å². The molecule has 0 aliphatic heterocycles. The lowest BCUT2D eigenvalue weighted by atomic mass is 10.0. The smallest absolute Gasteiger partial charge is 0.373 e. The third kappa shape index (κ3) is 4.43. The minimum atomic E-state index is -0.560. The molecule has 1 heterocycles. The van der Waals surface area contributed by atoms with E-state index in [0.717, 1.165) is 22.0 Å². The number of esters is 1. The number of benzene rings is 3. The molecule has 0 aliphatic carbocycles. The third-order valence-electron chi connectivity index (χ3n) is 4.90. The number of para-hydroxylation sites is 1. The summed E-state index contributed by atoms with van der Waals surface area (Å²) >= 11 is 0. The van der Waals surface area contributed by atoms with Crippen LogP contribution in [0.15, 0.2) is 77.2 Å². The Morgan fingerprint density at radius 2 is 1.65 bits per heavy atom. The number of aryl methyl sites for hydroxylation is 1. The summed E-state index contributed by atoms with van der Waals surface area (Å²) in [5.74, 6) is 0.122. The number of ether oxygens (including phenoxy) is 2. The molecule has 0 saturated carbocycles. The third-order valence-corrected chi connectivity index (χ3v) is 4.90. The first kappa shape index (κ1) is 20.2. The van der Waals surface area contributed by atoms with Crippen LogP contribution in [-0.2, 0) is 11.3 Å². The molecule has 4 aromatic rings. The van der Waals surface area contributed by atoms with Crippen LogP contribution in [0.25, 0.3) is 10.8 Å². The van der Waals surface area contributed by atoms with Gasteiger partial charge in [0, 0.05) is 5.69 Å². The van der Waals surface area contributed by atoms with Crippen LogP contribution in [0.2, 0.25) is 0 Å². The Balaban J connectivity index is 1.63. The number of furan rings is 1. The molecule has 1 aromatic heterocycles. The first-order valence-corrected chi connectivity index (χ1v) is 9.75. The minimum absolute atomic E-state index is 0.0555. The molecule has 1 N–H and O–H groups in total. The van der Waals surface area contributed by atoms with E-state index in [9.17, 15) is 9.59 Å². The van der Waals surface area contributed by atoms with Crippen LogP contribution in [0, 0.1) is 6.92 Å². The lowest BCUT2D eigenvalue weighted by molar-refractivity contribution is 0.0561. The van der Waals surface area contributed by atoms with Gasteiger partial charge in [-0.15, -0.1) is 0 Å². The van der Waals surface area contributed by atoms with Crippen molar-refractivity contribution in [3.8, 4) is 5.75 Å². The van der Waals surface area contributed by atoms with Crippen LogP contribution >= 0.6 is 0 Å². The van der Waals surface area contributed by atoms with E-state index in [1.807, 2.05) is 61.5 Å². The van der Waals surface area contributed by atoms with E-state index < -0.39 is 5.97 Å².